The fourth-order valence-electron chi connectivity index (χ4n) is 3.82. The molecule has 5 rings (SSSR count). The van der Waals surface area contributed by atoms with Gasteiger partial charge in [-0.3, -0.25) is 5.32 Å². The summed E-state index contributed by atoms with van der Waals surface area (Å²) in [6, 6.07) is 19.3. The lowest BCUT2D eigenvalue weighted by Gasteiger charge is -2.20. The van der Waals surface area contributed by atoms with Crippen molar-refractivity contribution in [3.05, 3.63) is 78.1 Å². The quantitative estimate of drug-likeness (QED) is 0.316. The molecule has 1 aliphatic rings. The van der Waals surface area contributed by atoms with Gasteiger partial charge in [0.05, 0.1) is 29.6 Å². The Bertz CT molecular complexity index is 1500. The van der Waals surface area contributed by atoms with Crippen molar-refractivity contribution in [2.45, 2.75) is 26.2 Å². The van der Waals surface area contributed by atoms with E-state index in [1.807, 2.05) is 6.07 Å². The molecule has 3 N–H and O–H groups in total. The summed E-state index contributed by atoms with van der Waals surface area (Å²) in [6.07, 6.45) is 1.66. The van der Waals surface area contributed by atoms with Crippen molar-refractivity contribution in [3.8, 4) is 29.0 Å². The molecule has 10 heteroatoms. The number of fused-ring (bicyclic) bond motifs is 1. The monoisotopic (exact) mass is 509 g/mol. The first-order chi connectivity index (χ1) is 18.3. The van der Waals surface area contributed by atoms with Gasteiger partial charge in [-0.1, -0.05) is 20.8 Å². The standard InChI is InChI=1S/C28H27N7O3/c1-28(2,3)23-16-24(35(34-23)20-8-4-18(17-29)5-9-20)33-27(36)32-19-6-10-21(11-7-19)38-22-12-13-30-26-25(22)37-15-14-31-26/h4-13,16H,14-15H2,1-3H3,(H,30,31)(H2,32,33,36). The number of carbonyl (C=O) groups excluding carboxylic acids is 1. The van der Waals surface area contributed by atoms with Gasteiger partial charge < -0.3 is 20.1 Å². The van der Waals surface area contributed by atoms with Crippen LogP contribution in [0.3, 0.4) is 0 Å². The minimum Gasteiger partial charge on any atom is -0.485 e. The van der Waals surface area contributed by atoms with Crippen LogP contribution in [-0.4, -0.2) is 33.9 Å². The summed E-state index contributed by atoms with van der Waals surface area (Å²) in [6.45, 7) is 7.38. The highest BCUT2D eigenvalue weighted by Gasteiger charge is 2.22. The number of nitrogens with zero attached hydrogens (tertiary/aromatic N) is 4. The van der Waals surface area contributed by atoms with Gasteiger partial charge in [0.1, 0.15) is 18.2 Å². The summed E-state index contributed by atoms with van der Waals surface area (Å²) in [5.74, 6) is 2.89. The van der Waals surface area contributed by atoms with E-state index in [0.717, 1.165) is 11.4 Å². The number of ether oxygens (including phenoxy) is 2. The summed E-state index contributed by atoms with van der Waals surface area (Å²) in [7, 11) is 0. The molecule has 2 aromatic heterocycles. The van der Waals surface area contributed by atoms with E-state index in [9.17, 15) is 4.79 Å². The molecule has 0 radical (unpaired) electrons. The summed E-state index contributed by atoms with van der Waals surface area (Å²) in [5.41, 5.74) is 2.45. The molecule has 0 bridgehead atoms. The molecule has 4 aromatic rings. The van der Waals surface area contributed by atoms with Crippen molar-refractivity contribution < 1.29 is 14.3 Å². The number of nitriles is 1. The molecule has 2 aromatic carbocycles. The Kier molecular flexibility index (Phi) is 6.58. The third-order valence-corrected chi connectivity index (χ3v) is 5.81. The van der Waals surface area contributed by atoms with Crippen LogP contribution < -0.4 is 25.4 Å². The highest BCUT2D eigenvalue weighted by atomic mass is 16.5. The largest absolute Gasteiger partial charge is 0.485 e. The molecule has 1 aliphatic heterocycles. The Morgan fingerprint density at radius 1 is 1.11 bits per heavy atom. The number of urea groups is 1. The maximum atomic E-state index is 12.9. The van der Waals surface area contributed by atoms with Crippen molar-refractivity contribution >= 4 is 23.4 Å². The Labute approximate surface area is 220 Å². The molecule has 0 spiro atoms. The second kappa shape index (κ2) is 10.1. The number of amides is 2. The van der Waals surface area contributed by atoms with Crippen molar-refractivity contribution in [3.63, 3.8) is 0 Å². The maximum absolute atomic E-state index is 12.9. The van der Waals surface area contributed by atoms with Gasteiger partial charge in [0.15, 0.2) is 11.6 Å². The lowest BCUT2D eigenvalue weighted by atomic mass is 9.92. The van der Waals surface area contributed by atoms with Gasteiger partial charge in [-0.15, -0.1) is 0 Å². The highest BCUT2D eigenvalue weighted by Crippen LogP contribution is 2.38. The van der Waals surface area contributed by atoms with Crippen LogP contribution in [-0.2, 0) is 5.41 Å². The van der Waals surface area contributed by atoms with Gasteiger partial charge in [-0.2, -0.15) is 10.4 Å². The number of pyridine rings is 1. The molecule has 0 atom stereocenters. The third-order valence-electron chi connectivity index (χ3n) is 5.81. The van der Waals surface area contributed by atoms with Crippen LogP contribution in [0.1, 0.15) is 32.0 Å². The van der Waals surface area contributed by atoms with Gasteiger partial charge in [-0.05, 0) is 48.5 Å². The van der Waals surface area contributed by atoms with Gasteiger partial charge in [-0.25, -0.2) is 14.5 Å². The van der Waals surface area contributed by atoms with Crippen LogP contribution in [0.5, 0.6) is 17.2 Å². The zero-order chi connectivity index (χ0) is 26.7. The van der Waals surface area contributed by atoms with E-state index < -0.39 is 6.03 Å². The molecule has 3 heterocycles. The number of rotatable bonds is 5. The lowest BCUT2D eigenvalue weighted by molar-refractivity contribution is 0.262. The Balaban J connectivity index is 1.29. The molecule has 0 aliphatic carbocycles. The minimum atomic E-state index is -0.420. The summed E-state index contributed by atoms with van der Waals surface area (Å²) < 4.78 is 13.3. The molecule has 2 amide bonds. The summed E-state index contributed by atoms with van der Waals surface area (Å²) in [5, 5.41) is 22.7. The van der Waals surface area contributed by atoms with Gasteiger partial charge in [0, 0.05) is 29.4 Å². The van der Waals surface area contributed by atoms with E-state index in [4.69, 9.17) is 19.8 Å². The van der Waals surface area contributed by atoms with Crippen molar-refractivity contribution in [2.24, 2.45) is 0 Å². The fourth-order valence-corrected chi connectivity index (χ4v) is 3.82. The van der Waals surface area contributed by atoms with Gasteiger partial charge >= 0.3 is 6.03 Å². The lowest BCUT2D eigenvalue weighted by Crippen LogP contribution is -2.21. The SMILES string of the molecule is CC(C)(C)c1cc(NC(=O)Nc2ccc(Oc3ccnc4c3OCCN4)cc2)n(-c2ccc(C#N)cc2)n1. The maximum Gasteiger partial charge on any atom is 0.324 e. The second-order valence-electron chi connectivity index (χ2n) is 9.70. The van der Waals surface area contributed by atoms with E-state index in [-0.39, 0.29) is 5.41 Å². The van der Waals surface area contributed by atoms with E-state index in [0.29, 0.717) is 53.3 Å². The van der Waals surface area contributed by atoms with Crippen LogP contribution in [0.4, 0.5) is 22.1 Å². The van der Waals surface area contributed by atoms with Crippen LogP contribution >= 0.6 is 0 Å². The summed E-state index contributed by atoms with van der Waals surface area (Å²) in [4.78, 5) is 17.2. The van der Waals surface area contributed by atoms with Crippen LogP contribution in [0.15, 0.2) is 66.9 Å². The number of carbonyl (C=O) groups is 1. The van der Waals surface area contributed by atoms with Crippen molar-refractivity contribution in [1.82, 2.24) is 14.8 Å². The number of anilines is 3. The van der Waals surface area contributed by atoms with Gasteiger partial charge in [0.25, 0.3) is 0 Å². The third kappa shape index (κ3) is 5.37. The first-order valence-electron chi connectivity index (χ1n) is 12.1. The van der Waals surface area contributed by atoms with E-state index in [1.165, 1.54) is 0 Å². The molecule has 10 nitrogen and oxygen atoms in total. The first-order valence-corrected chi connectivity index (χ1v) is 12.1. The minimum absolute atomic E-state index is 0.226. The second-order valence-corrected chi connectivity index (χ2v) is 9.70. The van der Waals surface area contributed by atoms with Crippen LogP contribution in [0, 0.1) is 11.3 Å². The average molecular weight is 510 g/mol. The number of hydrogen-bond acceptors (Lipinski definition) is 7. The predicted molar refractivity (Wildman–Crippen MR) is 144 cm³/mol. The smallest absolute Gasteiger partial charge is 0.324 e. The average Bonchev–Trinajstić information content (AvgIpc) is 3.34. The summed E-state index contributed by atoms with van der Waals surface area (Å²) >= 11 is 0. The normalized spacial score (nSPS) is 12.4. The Morgan fingerprint density at radius 2 is 1.87 bits per heavy atom. The van der Waals surface area contributed by atoms with Crippen molar-refractivity contribution in [1.29, 1.82) is 5.26 Å². The Morgan fingerprint density at radius 3 is 2.58 bits per heavy atom. The number of aromatic nitrogens is 3. The molecular formula is C28H27N7O3. The molecule has 0 unspecified atom stereocenters. The highest BCUT2D eigenvalue weighted by molar-refractivity contribution is 5.99. The molecule has 38 heavy (non-hydrogen) atoms. The predicted octanol–water partition coefficient (Wildman–Crippen LogP) is 5.68. The van der Waals surface area contributed by atoms with E-state index in [2.05, 4.69) is 47.8 Å². The number of hydrogen-bond donors (Lipinski definition) is 3. The Hall–Kier alpha value is -5.04. The molecule has 0 saturated carbocycles. The number of benzene rings is 2. The van der Waals surface area contributed by atoms with E-state index in [1.54, 1.807) is 65.5 Å². The zero-order valence-corrected chi connectivity index (χ0v) is 21.3. The topological polar surface area (TPSA) is 126 Å². The van der Waals surface area contributed by atoms with Crippen LogP contribution in [0.25, 0.3) is 5.69 Å². The zero-order valence-electron chi connectivity index (χ0n) is 21.3. The number of nitrogens with one attached hydrogen (secondary N) is 3. The molecule has 0 saturated heterocycles. The van der Waals surface area contributed by atoms with E-state index >= 15 is 0 Å². The fraction of sp³-hybridized carbons (Fsp3) is 0.214. The first kappa shape index (κ1) is 24.6. The molecule has 192 valence electrons. The van der Waals surface area contributed by atoms with Crippen LogP contribution in [0.2, 0.25) is 0 Å². The van der Waals surface area contributed by atoms with Gasteiger partial charge in [0.2, 0.25) is 5.75 Å². The molecule has 0 fully saturated rings. The molecular weight excluding hydrogens is 482 g/mol. The van der Waals surface area contributed by atoms with Crippen molar-refractivity contribution in [2.75, 3.05) is 29.1 Å².